The number of thiophene rings is 1. The minimum atomic E-state index is -0.576. The fourth-order valence-corrected chi connectivity index (χ4v) is 6.61. The normalized spacial score (nSPS) is 14.0. The summed E-state index contributed by atoms with van der Waals surface area (Å²) in [5, 5.41) is 11.2. The Bertz CT molecular complexity index is 1990. The maximum absolute atomic E-state index is 13.1. The predicted molar refractivity (Wildman–Crippen MR) is 171 cm³/mol. The van der Waals surface area contributed by atoms with E-state index < -0.39 is 11.9 Å². The van der Waals surface area contributed by atoms with Crippen LogP contribution in [0, 0.1) is 25.2 Å². The minimum Gasteiger partial charge on any atom is -0.493 e. The SMILES string of the molecule is COc1cc(C2C(C#N)=C(N)Oc3cc(OC(=O)c4sc5cc(C)ccc5c4Cl)ccc32)ccc1OCc1ccc(C)cc1. The van der Waals surface area contributed by atoms with Gasteiger partial charge in [0.05, 0.1) is 18.1 Å². The highest BCUT2D eigenvalue weighted by atomic mass is 35.5. The number of aryl methyl sites for hydroxylation is 2. The van der Waals surface area contributed by atoms with Gasteiger partial charge >= 0.3 is 5.97 Å². The Hall–Kier alpha value is -4.97. The summed E-state index contributed by atoms with van der Waals surface area (Å²) in [6, 6.07) is 26.6. The fraction of sp³-hybridized carbons (Fsp3) is 0.143. The molecule has 1 aromatic heterocycles. The average molecular weight is 623 g/mol. The summed E-state index contributed by atoms with van der Waals surface area (Å²) < 4.78 is 24.2. The molecule has 4 aromatic carbocycles. The monoisotopic (exact) mass is 622 g/mol. The molecular weight excluding hydrogens is 596 g/mol. The van der Waals surface area contributed by atoms with Crippen molar-refractivity contribution in [3.05, 3.63) is 128 Å². The molecule has 0 amide bonds. The highest BCUT2D eigenvalue weighted by Crippen LogP contribution is 2.45. The van der Waals surface area contributed by atoms with Crippen LogP contribution in [-0.2, 0) is 6.61 Å². The Morgan fingerprint density at radius 3 is 2.52 bits per heavy atom. The van der Waals surface area contributed by atoms with E-state index in [9.17, 15) is 10.1 Å². The van der Waals surface area contributed by atoms with Crippen LogP contribution in [0.2, 0.25) is 5.02 Å². The Kier molecular flexibility index (Phi) is 7.92. The van der Waals surface area contributed by atoms with Crippen LogP contribution in [0.4, 0.5) is 0 Å². The lowest BCUT2D eigenvalue weighted by Crippen LogP contribution is -2.21. The van der Waals surface area contributed by atoms with Crippen molar-refractivity contribution in [3.63, 3.8) is 0 Å². The number of carbonyl (C=O) groups excluding carboxylic acids is 1. The van der Waals surface area contributed by atoms with E-state index in [0.29, 0.717) is 39.3 Å². The number of halogens is 1. The van der Waals surface area contributed by atoms with Crippen molar-refractivity contribution in [3.8, 4) is 29.1 Å². The lowest BCUT2D eigenvalue weighted by molar-refractivity contribution is 0.0740. The number of carbonyl (C=O) groups is 1. The standard InChI is InChI=1S/C35H27ClN2O5S/c1-19-4-7-21(8-5-19)18-41-27-13-9-22(15-29(27)40-3)31-24-12-10-23(16-28(24)43-34(38)26(31)17-37)42-35(39)33-32(36)25-11-6-20(2)14-30(25)44-33/h4-16,31H,18,38H2,1-3H3. The van der Waals surface area contributed by atoms with Crippen LogP contribution in [0.15, 0.2) is 90.3 Å². The molecule has 220 valence electrons. The number of hydrogen-bond acceptors (Lipinski definition) is 8. The molecule has 5 aromatic rings. The Balaban J connectivity index is 1.28. The van der Waals surface area contributed by atoms with E-state index >= 15 is 0 Å². The summed E-state index contributed by atoms with van der Waals surface area (Å²) in [4.78, 5) is 13.4. The number of hydrogen-bond donors (Lipinski definition) is 1. The summed E-state index contributed by atoms with van der Waals surface area (Å²) >= 11 is 7.81. The second-order valence-corrected chi connectivity index (χ2v) is 11.9. The molecule has 7 nitrogen and oxygen atoms in total. The van der Waals surface area contributed by atoms with Gasteiger partial charge in [-0.05, 0) is 54.8 Å². The van der Waals surface area contributed by atoms with E-state index in [-0.39, 0.29) is 17.2 Å². The molecule has 1 atom stereocenters. The third-order valence-electron chi connectivity index (χ3n) is 7.41. The molecule has 2 heterocycles. The summed E-state index contributed by atoms with van der Waals surface area (Å²) in [5.74, 6) is 0.546. The zero-order chi connectivity index (χ0) is 31.0. The number of rotatable bonds is 7. The second-order valence-electron chi connectivity index (χ2n) is 10.4. The molecule has 9 heteroatoms. The maximum atomic E-state index is 13.1. The molecule has 1 aliphatic heterocycles. The molecule has 0 fully saturated rings. The third kappa shape index (κ3) is 5.55. The summed E-state index contributed by atoms with van der Waals surface area (Å²) in [6.45, 7) is 4.39. The van der Waals surface area contributed by atoms with Gasteiger partial charge in [0.15, 0.2) is 11.5 Å². The molecule has 0 saturated heterocycles. The zero-order valence-corrected chi connectivity index (χ0v) is 25.7. The van der Waals surface area contributed by atoms with Crippen molar-refractivity contribution in [1.82, 2.24) is 0 Å². The van der Waals surface area contributed by atoms with Gasteiger partial charge in [-0.2, -0.15) is 5.26 Å². The topological polar surface area (TPSA) is 104 Å². The van der Waals surface area contributed by atoms with E-state index in [1.54, 1.807) is 25.3 Å². The van der Waals surface area contributed by atoms with Crippen molar-refractivity contribution >= 4 is 39.0 Å². The molecule has 1 aliphatic rings. The van der Waals surface area contributed by atoms with Gasteiger partial charge in [-0.25, -0.2) is 4.79 Å². The van der Waals surface area contributed by atoms with Gasteiger partial charge in [0.25, 0.3) is 0 Å². The largest absolute Gasteiger partial charge is 0.493 e. The van der Waals surface area contributed by atoms with Crippen molar-refractivity contribution in [1.29, 1.82) is 5.26 Å². The van der Waals surface area contributed by atoms with Crippen LogP contribution in [0.25, 0.3) is 10.1 Å². The summed E-state index contributed by atoms with van der Waals surface area (Å²) in [5.41, 5.74) is 11.2. The number of esters is 1. The number of nitriles is 1. The van der Waals surface area contributed by atoms with Crippen LogP contribution >= 0.6 is 22.9 Å². The Morgan fingerprint density at radius 2 is 1.77 bits per heavy atom. The van der Waals surface area contributed by atoms with Gasteiger partial charge in [0.1, 0.15) is 34.6 Å². The molecule has 0 saturated carbocycles. The molecule has 6 rings (SSSR count). The molecule has 44 heavy (non-hydrogen) atoms. The molecule has 2 N–H and O–H groups in total. The van der Waals surface area contributed by atoms with Crippen molar-refractivity contribution in [2.75, 3.05) is 7.11 Å². The molecule has 0 spiro atoms. The van der Waals surface area contributed by atoms with Crippen molar-refractivity contribution < 1.29 is 23.7 Å². The number of fused-ring (bicyclic) bond motifs is 2. The fourth-order valence-electron chi connectivity index (χ4n) is 5.13. The number of allylic oxidation sites excluding steroid dienone is 1. The van der Waals surface area contributed by atoms with E-state index in [1.807, 2.05) is 74.5 Å². The van der Waals surface area contributed by atoms with Crippen LogP contribution < -0.4 is 24.7 Å². The Morgan fingerprint density at radius 1 is 1.00 bits per heavy atom. The molecule has 0 aliphatic carbocycles. The highest BCUT2D eigenvalue weighted by molar-refractivity contribution is 7.21. The van der Waals surface area contributed by atoms with Crippen LogP contribution in [0.5, 0.6) is 23.0 Å². The minimum absolute atomic E-state index is 0.0324. The maximum Gasteiger partial charge on any atom is 0.355 e. The van der Waals surface area contributed by atoms with Crippen LogP contribution in [0.1, 0.15) is 43.4 Å². The van der Waals surface area contributed by atoms with Gasteiger partial charge < -0.3 is 24.7 Å². The zero-order valence-electron chi connectivity index (χ0n) is 24.1. The second kappa shape index (κ2) is 12.0. The lowest BCUT2D eigenvalue weighted by atomic mass is 9.83. The van der Waals surface area contributed by atoms with Crippen LogP contribution in [0.3, 0.4) is 0 Å². The average Bonchev–Trinajstić information content (AvgIpc) is 3.35. The quantitative estimate of drug-likeness (QED) is 0.144. The van der Waals surface area contributed by atoms with Gasteiger partial charge in [-0.1, -0.05) is 65.7 Å². The third-order valence-corrected chi connectivity index (χ3v) is 9.04. The molecule has 0 radical (unpaired) electrons. The van der Waals surface area contributed by atoms with Crippen LogP contribution in [-0.4, -0.2) is 13.1 Å². The van der Waals surface area contributed by atoms with E-state index in [4.69, 9.17) is 36.3 Å². The van der Waals surface area contributed by atoms with E-state index in [1.165, 1.54) is 16.9 Å². The van der Waals surface area contributed by atoms with Gasteiger partial charge in [0.2, 0.25) is 5.88 Å². The number of methoxy groups -OCH3 is 1. The molecule has 1 unspecified atom stereocenters. The predicted octanol–water partition coefficient (Wildman–Crippen LogP) is 8.20. The van der Waals surface area contributed by atoms with Crippen molar-refractivity contribution in [2.45, 2.75) is 26.4 Å². The summed E-state index contributed by atoms with van der Waals surface area (Å²) in [6.07, 6.45) is 0. The number of nitrogens with zero attached hydrogens (tertiary/aromatic N) is 1. The van der Waals surface area contributed by atoms with Crippen molar-refractivity contribution in [2.24, 2.45) is 5.73 Å². The Labute approximate surface area is 263 Å². The van der Waals surface area contributed by atoms with Gasteiger partial charge in [-0.3, -0.25) is 0 Å². The van der Waals surface area contributed by atoms with E-state index in [0.717, 1.165) is 26.8 Å². The smallest absolute Gasteiger partial charge is 0.355 e. The number of nitrogens with two attached hydrogens (primary N) is 1. The highest BCUT2D eigenvalue weighted by Gasteiger charge is 2.32. The van der Waals surface area contributed by atoms with Gasteiger partial charge in [0, 0.05) is 21.7 Å². The van der Waals surface area contributed by atoms with E-state index in [2.05, 4.69) is 6.07 Å². The first-order chi connectivity index (χ1) is 21.2. The molecule has 0 bridgehead atoms. The lowest BCUT2D eigenvalue weighted by Gasteiger charge is -2.27. The first-order valence-electron chi connectivity index (χ1n) is 13.7. The number of ether oxygens (including phenoxy) is 4. The first-order valence-corrected chi connectivity index (χ1v) is 14.9. The first kappa shape index (κ1) is 29.1. The molecular formula is C35H27ClN2O5S. The number of benzene rings is 4. The summed E-state index contributed by atoms with van der Waals surface area (Å²) in [7, 11) is 1.57. The van der Waals surface area contributed by atoms with Gasteiger partial charge in [-0.15, -0.1) is 11.3 Å².